The minimum absolute atomic E-state index is 0.0672. The molecule has 1 aliphatic rings. The molecule has 0 unspecified atom stereocenters. The fourth-order valence-corrected chi connectivity index (χ4v) is 4.50. The summed E-state index contributed by atoms with van der Waals surface area (Å²) in [7, 11) is 1.66. The van der Waals surface area contributed by atoms with E-state index in [2.05, 4.69) is 12.2 Å². The predicted octanol–water partition coefficient (Wildman–Crippen LogP) is 6.09. The summed E-state index contributed by atoms with van der Waals surface area (Å²) in [6, 6.07) is 20.0. The van der Waals surface area contributed by atoms with E-state index in [0.29, 0.717) is 6.61 Å². The summed E-state index contributed by atoms with van der Waals surface area (Å²) >= 11 is 0. The van der Waals surface area contributed by atoms with Crippen LogP contribution in [-0.2, 0) is 10.2 Å². The molecule has 0 bridgehead atoms. The number of hydrogen-bond acceptors (Lipinski definition) is 3. The standard InChI is InChI=1S/C26H29NO3/c1-3-18-30-24-15-14-23(21-8-4-5-9-22(21)24)27-25(28)26(16-6-7-17-26)19-10-12-20(29-2)13-11-19/h4-5,8-15H,3,6-7,16-18H2,1-2H3,(H,27,28). The van der Waals surface area contributed by atoms with Crippen molar-refractivity contribution in [3.05, 3.63) is 66.2 Å². The summed E-state index contributed by atoms with van der Waals surface area (Å²) in [6.07, 6.45) is 4.80. The van der Waals surface area contributed by atoms with Crippen LogP contribution in [0.5, 0.6) is 11.5 Å². The Morgan fingerprint density at radius 2 is 1.67 bits per heavy atom. The number of methoxy groups -OCH3 is 1. The number of nitrogens with one attached hydrogen (secondary N) is 1. The van der Waals surface area contributed by atoms with Gasteiger partial charge in [0.05, 0.1) is 19.1 Å². The van der Waals surface area contributed by atoms with Gasteiger partial charge >= 0.3 is 0 Å². The predicted molar refractivity (Wildman–Crippen MR) is 122 cm³/mol. The molecule has 3 aromatic rings. The van der Waals surface area contributed by atoms with Gasteiger partial charge in [-0.2, -0.15) is 0 Å². The number of benzene rings is 3. The van der Waals surface area contributed by atoms with Crippen LogP contribution >= 0.6 is 0 Å². The number of anilines is 1. The van der Waals surface area contributed by atoms with Crippen molar-refractivity contribution >= 4 is 22.4 Å². The average Bonchev–Trinajstić information content (AvgIpc) is 3.30. The Morgan fingerprint density at radius 3 is 2.33 bits per heavy atom. The molecule has 1 aliphatic carbocycles. The molecule has 30 heavy (non-hydrogen) atoms. The van der Waals surface area contributed by atoms with E-state index in [0.717, 1.165) is 65.6 Å². The van der Waals surface area contributed by atoms with Gasteiger partial charge in [0.15, 0.2) is 0 Å². The molecule has 4 rings (SSSR count). The fraction of sp³-hybridized carbons (Fsp3) is 0.346. The molecular weight excluding hydrogens is 374 g/mol. The summed E-state index contributed by atoms with van der Waals surface area (Å²) in [4.78, 5) is 13.6. The van der Waals surface area contributed by atoms with Gasteiger partial charge in [0, 0.05) is 16.5 Å². The van der Waals surface area contributed by atoms with Crippen molar-refractivity contribution in [3.8, 4) is 11.5 Å². The van der Waals surface area contributed by atoms with Crippen molar-refractivity contribution < 1.29 is 14.3 Å². The van der Waals surface area contributed by atoms with Crippen LogP contribution in [-0.4, -0.2) is 19.6 Å². The molecule has 1 N–H and O–H groups in total. The van der Waals surface area contributed by atoms with Crippen LogP contribution in [0, 0.1) is 0 Å². The maximum Gasteiger partial charge on any atom is 0.235 e. The van der Waals surface area contributed by atoms with E-state index in [4.69, 9.17) is 9.47 Å². The largest absolute Gasteiger partial charge is 0.497 e. The second-order valence-corrected chi connectivity index (χ2v) is 7.98. The molecule has 1 amide bonds. The molecule has 0 atom stereocenters. The fourth-order valence-electron chi connectivity index (χ4n) is 4.50. The zero-order valence-electron chi connectivity index (χ0n) is 17.7. The Labute approximate surface area is 178 Å². The zero-order valence-corrected chi connectivity index (χ0v) is 17.7. The van der Waals surface area contributed by atoms with Gasteiger partial charge in [-0.25, -0.2) is 0 Å². The van der Waals surface area contributed by atoms with Crippen LogP contribution in [0.3, 0.4) is 0 Å². The smallest absolute Gasteiger partial charge is 0.235 e. The third-order valence-electron chi connectivity index (χ3n) is 6.13. The molecule has 0 radical (unpaired) electrons. The zero-order chi connectivity index (χ0) is 21.0. The van der Waals surface area contributed by atoms with Gasteiger partial charge in [0.2, 0.25) is 5.91 Å². The summed E-state index contributed by atoms with van der Waals surface area (Å²) in [5.74, 6) is 1.73. The minimum atomic E-state index is -0.495. The van der Waals surface area contributed by atoms with Gasteiger partial charge in [-0.1, -0.05) is 56.2 Å². The first kappa shape index (κ1) is 20.3. The van der Waals surface area contributed by atoms with Crippen LogP contribution in [0.4, 0.5) is 5.69 Å². The van der Waals surface area contributed by atoms with Gasteiger partial charge in [0.25, 0.3) is 0 Å². The molecule has 0 heterocycles. The average molecular weight is 404 g/mol. The number of ether oxygens (including phenoxy) is 2. The maximum absolute atomic E-state index is 13.6. The number of hydrogen-bond donors (Lipinski definition) is 1. The first-order valence-electron chi connectivity index (χ1n) is 10.8. The molecule has 4 heteroatoms. The first-order valence-corrected chi connectivity index (χ1v) is 10.8. The molecule has 156 valence electrons. The third-order valence-corrected chi connectivity index (χ3v) is 6.13. The van der Waals surface area contributed by atoms with Crippen LogP contribution < -0.4 is 14.8 Å². The van der Waals surface area contributed by atoms with Crippen molar-refractivity contribution in [2.24, 2.45) is 0 Å². The molecule has 0 saturated heterocycles. The Balaban J connectivity index is 1.67. The molecular formula is C26H29NO3. The van der Waals surface area contributed by atoms with Gasteiger partial charge in [-0.3, -0.25) is 4.79 Å². The lowest BCUT2D eigenvalue weighted by Gasteiger charge is -2.29. The lowest BCUT2D eigenvalue weighted by atomic mass is 9.78. The molecule has 1 fully saturated rings. The molecule has 3 aromatic carbocycles. The second-order valence-electron chi connectivity index (χ2n) is 7.98. The topological polar surface area (TPSA) is 47.6 Å². The van der Waals surface area contributed by atoms with Gasteiger partial charge in [0.1, 0.15) is 11.5 Å². The molecule has 0 aliphatic heterocycles. The van der Waals surface area contributed by atoms with Crippen LogP contribution in [0.2, 0.25) is 0 Å². The number of carbonyl (C=O) groups excluding carboxylic acids is 1. The van der Waals surface area contributed by atoms with E-state index >= 15 is 0 Å². The molecule has 0 spiro atoms. The summed E-state index contributed by atoms with van der Waals surface area (Å²) in [5.41, 5.74) is 1.40. The van der Waals surface area contributed by atoms with E-state index in [-0.39, 0.29) is 5.91 Å². The normalized spacial score (nSPS) is 15.1. The maximum atomic E-state index is 13.6. The lowest BCUT2D eigenvalue weighted by molar-refractivity contribution is -0.121. The van der Waals surface area contributed by atoms with E-state index in [1.54, 1.807) is 7.11 Å². The summed E-state index contributed by atoms with van der Waals surface area (Å²) in [5, 5.41) is 5.28. The highest BCUT2D eigenvalue weighted by Crippen LogP contribution is 2.43. The Morgan fingerprint density at radius 1 is 0.967 bits per heavy atom. The summed E-state index contributed by atoms with van der Waals surface area (Å²) < 4.78 is 11.2. The van der Waals surface area contributed by atoms with Crippen molar-refractivity contribution in [1.29, 1.82) is 0 Å². The number of fused-ring (bicyclic) bond motifs is 1. The van der Waals surface area contributed by atoms with E-state index in [1.807, 2.05) is 60.7 Å². The van der Waals surface area contributed by atoms with Gasteiger partial charge in [-0.15, -0.1) is 0 Å². The van der Waals surface area contributed by atoms with Crippen LogP contribution in [0.25, 0.3) is 10.8 Å². The van der Waals surface area contributed by atoms with Crippen molar-refractivity contribution in [2.75, 3.05) is 19.0 Å². The highest BCUT2D eigenvalue weighted by atomic mass is 16.5. The first-order chi connectivity index (χ1) is 14.7. The van der Waals surface area contributed by atoms with Crippen molar-refractivity contribution in [2.45, 2.75) is 44.4 Å². The van der Waals surface area contributed by atoms with Gasteiger partial charge < -0.3 is 14.8 Å². The second kappa shape index (κ2) is 8.78. The number of rotatable bonds is 7. The highest BCUT2D eigenvalue weighted by Gasteiger charge is 2.42. The van der Waals surface area contributed by atoms with Crippen molar-refractivity contribution in [3.63, 3.8) is 0 Å². The van der Waals surface area contributed by atoms with E-state index in [9.17, 15) is 4.79 Å². The summed E-state index contributed by atoms with van der Waals surface area (Å²) in [6.45, 7) is 2.77. The molecule has 4 nitrogen and oxygen atoms in total. The number of amides is 1. The third kappa shape index (κ3) is 3.74. The Kier molecular flexibility index (Phi) is 5.93. The number of carbonyl (C=O) groups is 1. The van der Waals surface area contributed by atoms with Crippen molar-refractivity contribution in [1.82, 2.24) is 0 Å². The molecule has 1 saturated carbocycles. The Bertz CT molecular complexity index is 1020. The van der Waals surface area contributed by atoms with E-state index < -0.39 is 5.41 Å². The Hall–Kier alpha value is -3.01. The van der Waals surface area contributed by atoms with Crippen LogP contribution in [0.15, 0.2) is 60.7 Å². The molecule has 0 aromatic heterocycles. The highest BCUT2D eigenvalue weighted by molar-refractivity contribution is 6.07. The van der Waals surface area contributed by atoms with Gasteiger partial charge in [-0.05, 0) is 49.1 Å². The SMILES string of the molecule is CCCOc1ccc(NC(=O)C2(c3ccc(OC)cc3)CCCC2)c2ccccc12. The quantitative estimate of drug-likeness (QED) is 0.519. The lowest BCUT2D eigenvalue weighted by Crippen LogP contribution is -2.38. The minimum Gasteiger partial charge on any atom is -0.497 e. The van der Waals surface area contributed by atoms with Crippen LogP contribution in [0.1, 0.15) is 44.6 Å². The monoisotopic (exact) mass is 403 g/mol. The van der Waals surface area contributed by atoms with E-state index in [1.165, 1.54) is 0 Å².